The van der Waals surface area contributed by atoms with Crippen molar-refractivity contribution < 1.29 is 34.0 Å². The van der Waals surface area contributed by atoms with Gasteiger partial charge in [-0.05, 0) is 97.0 Å². The van der Waals surface area contributed by atoms with Crippen LogP contribution in [0.4, 0.5) is 0 Å². The summed E-state index contributed by atoms with van der Waals surface area (Å²) in [5.41, 5.74) is 3.18. The highest BCUT2D eigenvalue weighted by Gasteiger charge is 2.64. The molecule has 0 aromatic heterocycles. The van der Waals surface area contributed by atoms with E-state index in [9.17, 15) is 10.2 Å². The van der Waals surface area contributed by atoms with E-state index in [4.69, 9.17) is 28.9 Å². The summed E-state index contributed by atoms with van der Waals surface area (Å²) in [4.78, 5) is 9.80. The topological polar surface area (TPSA) is 102 Å². The van der Waals surface area contributed by atoms with Crippen molar-refractivity contribution in [3.8, 4) is 11.5 Å². The van der Waals surface area contributed by atoms with Gasteiger partial charge < -0.3 is 34.0 Å². The smallest absolute Gasteiger partial charge is 0.231 e. The molecule has 3 heterocycles. The number of fused-ring (bicyclic) bond motifs is 3. The normalized spacial score (nSPS) is 28.9. The largest absolute Gasteiger partial charge is 0.492 e. The van der Waals surface area contributed by atoms with Crippen molar-refractivity contribution >= 4 is 28.2 Å². The van der Waals surface area contributed by atoms with Gasteiger partial charge in [0.2, 0.25) is 12.1 Å². The van der Waals surface area contributed by atoms with Crippen LogP contribution >= 0.6 is 11.8 Å². The molecule has 10 heteroatoms. The lowest BCUT2D eigenvalue weighted by atomic mass is 9.56. The predicted molar refractivity (Wildman–Crippen MR) is 221 cm³/mol. The molecule has 3 aromatic rings. The number of oxime groups is 1. The molecule has 3 aliphatic heterocycles. The van der Waals surface area contributed by atoms with E-state index in [2.05, 4.69) is 72.2 Å². The van der Waals surface area contributed by atoms with Crippen molar-refractivity contribution in [2.24, 2.45) is 22.9 Å². The van der Waals surface area contributed by atoms with Crippen LogP contribution in [0.2, 0.25) is 0 Å². The van der Waals surface area contributed by atoms with E-state index in [1.165, 1.54) is 10.8 Å². The fraction of sp³-hybridized carbons (Fsp3) is 0.543. The fourth-order valence-electron chi connectivity index (χ4n) is 9.42. The van der Waals surface area contributed by atoms with Gasteiger partial charge in [0, 0.05) is 62.1 Å². The first-order valence-electron chi connectivity index (χ1n) is 21.0. The molecule has 7 atom stereocenters. The maximum absolute atomic E-state index is 9.95. The number of allylic oxidation sites excluding steroid dienone is 1. The average Bonchev–Trinajstić information content (AvgIpc) is 4.06. The minimum absolute atomic E-state index is 0.00764. The Hall–Kier alpha value is -3.38. The van der Waals surface area contributed by atoms with Crippen molar-refractivity contribution in [2.75, 3.05) is 52.7 Å². The van der Waals surface area contributed by atoms with Crippen LogP contribution in [-0.2, 0) is 14.3 Å². The van der Waals surface area contributed by atoms with Crippen LogP contribution in [0, 0.1) is 17.8 Å². The van der Waals surface area contributed by atoms with Gasteiger partial charge in [-0.15, -0.1) is 18.3 Å². The van der Waals surface area contributed by atoms with Crippen LogP contribution in [0.15, 0.2) is 95.0 Å². The van der Waals surface area contributed by atoms with E-state index in [0.29, 0.717) is 26.2 Å². The number of benzene rings is 3. The summed E-state index contributed by atoms with van der Waals surface area (Å²) in [6, 6.07) is 21.5. The Bertz CT molecular complexity index is 1860. The lowest BCUT2D eigenvalue weighted by molar-refractivity contribution is -0.223. The van der Waals surface area contributed by atoms with Gasteiger partial charge in [-0.1, -0.05) is 60.5 Å². The van der Waals surface area contributed by atoms with E-state index in [1.807, 2.05) is 12.1 Å². The Morgan fingerprint density at radius 3 is 2.59 bits per heavy atom. The highest BCUT2D eigenvalue weighted by atomic mass is 32.2. The molecule has 56 heavy (non-hydrogen) atoms. The van der Waals surface area contributed by atoms with Crippen LogP contribution < -0.4 is 9.47 Å². The van der Waals surface area contributed by atoms with Crippen LogP contribution in [0.3, 0.4) is 0 Å². The van der Waals surface area contributed by atoms with Gasteiger partial charge in [-0.25, -0.2) is 0 Å². The minimum atomic E-state index is -1.05. The molecule has 0 bridgehead atoms. The standard InChI is InChI=1S/C46H58N2O7S/c1-2-25-53-46-42(56-36-18-16-32-11-3-4-12-33(32)28-36)31-40(47-55-43-15-7-10-26-52-43)38-29-34(13-5-8-23-49)37(14-6-9-24-50)44(45(38)46)39-30-35(17-19-41(39)54-46)51-27-22-48-20-21-48/h2-4,11-12,16-19,28-30,34,37,42-45,49-50H,1,5-10,13-15,20-27,31H2/t34-,37+,42-,43?,44+,45+,46+/m0/s1. The van der Waals surface area contributed by atoms with Gasteiger partial charge in [-0.2, -0.15) is 0 Å². The molecule has 2 N–H and O–H groups in total. The molecule has 2 saturated heterocycles. The van der Waals surface area contributed by atoms with Crippen molar-refractivity contribution in [1.82, 2.24) is 4.90 Å². The SMILES string of the molecule is C=CCO[C@@]12Oc3ccc(OCCN4CC4)cc3[C@H]3[C@H](CCCCO)[C@@H](CCCCO)C=C(C(=NOC4CCCCO4)C[C@@H]1Sc1ccc4ccccc4c1)[C@H]32. The molecule has 0 radical (unpaired) electrons. The van der Waals surface area contributed by atoms with Crippen molar-refractivity contribution in [2.45, 2.75) is 92.3 Å². The summed E-state index contributed by atoms with van der Waals surface area (Å²) in [6.45, 7) is 9.26. The molecule has 3 aromatic carbocycles. The molecule has 300 valence electrons. The first kappa shape index (κ1) is 39.4. The highest BCUT2D eigenvalue weighted by Crippen LogP contribution is 2.63. The van der Waals surface area contributed by atoms with Gasteiger partial charge in [0.15, 0.2) is 0 Å². The van der Waals surface area contributed by atoms with Gasteiger partial charge in [-0.3, -0.25) is 4.90 Å². The van der Waals surface area contributed by atoms with Crippen LogP contribution in [0.1, 0.15) is 75.7 Å². The quantitative estimate of drug-likeness (QED) is 0.0537. The molecular weight excluding hydrogens is 725 g/mol. The summed E-state index contributed by atoms with van der Waals surface area (Å²) in [5, 5.41) is 27.0. The van der Waals surface area contributed by atoms with E-state index < -0.39 is 5.79 Å². The lowest BCUT2D eigenvalue weighted by Crippen LogP contribution is -2.64. The third-order valence-electron chi connectivity index (χ3n) is 12.3. The Labute approximate surface area is 336 Å². The minimum Gasteiger partial charge on any atom is -0.492 e. The second-order valence-corrected chi connectivity index (χ2v) is 17.2. The van der Waals surface area contributed by atoms with Crippen LogP contribution in [0.25, 0.3) is 10.8 Å². The number of aliphatic hydroxyl groups is 2. The number of hydrogen-bond donors (Lipinski definition) is 2. The highest BCUT2D eigenvalue weighted by molar-refractivity contribution is 8.00. The van der Waals surface area contributed by atoms with Crippen molar-refractivity contribution in [1.29, 1.82) is 0 Å². The number of ether oxygens (including phenoxy) is 4. The van der Waals surface area contributed by atoms with E-state index in [1.54, 1.807) is 11.8 Å². The summed E-state index contributed by atoms with van der Waals surface area (Å²) >= 11 is 1.79. The van der Waals surface area contributed by atoms with Crippen molar-refractivity contribution in [3.05, 3.63) is 90.5 Å². The summed E-state index contributed by atoms with van der Waals surface area (Å²) in [6.07, 6.45) is 12.6. The Morgan fingerprint density at radius 2 is 1.80 bits per heavy atom. The van der Waals surface area contributed by atoms with Crippen molar-refractivity contribution in [3.63, 3.8) is 0 Å². The molecule has 5 aliphatic rings. The molecule has 3 fully saturated rings. The fourth-order valence-corrected chi connectivity index (χ4v) is 10.8. The molecule has 1 saturated carbocycles. The zero-order chi connectivity index (χ0) is 38.3. The Balaban J connectivity index is 1.27. The average molecular weight is 783 g/mol. The number of hydrogen-bond acceptors (Lipinski definition) is 10. The van der Waals surface area contributed by atoms with Gasteiger partial charge in [0.1, 0.15) is 18.1 Å². The monoisotopic (exact) mass is 782 g/mol. The molecule has 8 rings (SSSR count). The number of unbranched alkanes of at least 4 members (excludes halogenated alkanes) is 2. The third kappa shape index (κ3) is 8.71. The Kier molecular flexibility index (Phi) is 13.0. The van der Waals surface area contributed by atoms with Gasteiger partial charge in [0.05, 0.1) is 30.1 Å². The number of nitrogens with zero attached hydrogens (tertiary/aromatic N) is 2. The van der Waals surface area contributed by atoms with Gasteiger partial charge >= 0.3 is 0 Å². The second-order valence-electron chi connectivity index (χ2n) is 16.0. The molecule has 9 nitrogen and oxygen atoms in total. The second kappa shape index (κ2) is 18.5. The summed E-state index contributed by atoms with van der Waals surface area (Å²) in [7, 11) is 0. The maximum Gasteiger partial charge on any atom is 0.231 e. The van der Waals surface area contributed by atoms with E-state index in [-0.39, 0.29) is 48.4 Å². The molecular formula is C46H58N2O7S. The number of thioether (sulfide) groups is 1. The number of aliphatic hydroxyl groups excluding tert-OH is 2. The van der Waals surface area contributed by atoms with Crippen LogP contribution in [-0.4, -0.2) is 90.8 Å². The summed E-state index contributed by atoms with van der Waals surface area (Å²) < 4.78 is 27.0. The molecule has 0 amide bonds. The van der Waals surface area contributed by atoms with E-state index in [0.717, 1.165) is 111 Å². The van der Waals surface area contributed by atoms with E-state index >= 15 is 0 Å². The van der Waals surface area contributed by atoms with Gasteiger partial charge in [0.25, 0.3) is 0 Å². The lowest BCUT2D eigenvalue weighted by Gasteiger charge is -2.58. The third-order valence-corrected chi connectivity index (χ3v) is 13.6. The number of rotatable bonds is 19. The molecule has 0 spiro atoms. The zero-order valence-corrected chi connectivity index (χ0v) is 33.4. The predicted octanol–water partition coefficient (Wildman–Crippen LogP) is 8.49. The Morgan fingerprint density at radius 1 is 0.964 bits per heavy atom. The summed E-state index contributed by atoms with van der Waals surface area (Å²) in [5.74, 6) is 0.858. The van der Waals surface area contributed by atoms with Crippen LogP contribution in [0.5, 0.6) is 11.5 Å². The first-order chi connectivity index (χ1) is 27.6. The maximum atomic E-state index is 9.95. The first-order valence-corrected chi connectivity index (χ1v) is 21.8. The molecule has 1 unspecified atom stereocenters. The zero-order valence-electron chi connectivity index (χ0n) is 32.6. The molecule has 2 aliphatic carbocycles.